The van der Waals surface area contributed by atoms with Gasteiger partial charge in [0.15, 0.2) is 0 Å². The van der Waals surface area contributed by atoms with E-state index in [1.54, 1.807) is 7.11 Å². The van der Waals surface area contributed by atoms with Gasteiger partial charge in [0.05, 0.1) is 0 Å². The molecule has 6 nitrogen and oxygen atoms in total. The second-order valence-electron chi connectivity index (χ2n) is 6.64. The molecule has 0 radical (unpaired) electrons. The number of hydrogen-bond acceptors (Lipinski definition) is 6. The van der Waals surface area contributed by atoms with E-state index >= 15 is 0 Å². The highest BCUT2D eigenvalue weighted by atomic mass is 16.5. The maximum absolute atomic E-state index is 9.08. The quantitative estimate of drug-likeness (QED) is 0.591. The summed E-state index contributed by atoms with van der Waals surface area (Å²) in [5.41, 5.74) is 13.1. The summed E-state index contributed by atoms with van der Waals surface area (Å²) >= 11 is 0. The molecule has 2 aromatic carbocycles. The molecule has 5 N–H and O–H groups in total. The summed E-state index contributed by atoms with van der Waals surface area (Å²) in [5, 5.41) is 9.08. The Morgan fingerprint density at radius 1 is 0.846 bits per heavy atom. The first-order chi connectivity index (χ1) is 12.3. The van der Waals surface area contributed by atoms with Crippen molar-refractivity contribution < 1.29 is 19.3 Å². The van der Waals surface area contributed by atoms with E-state index in [1.165, 1.54) is 0 Å². The molecule has 0 amide bonds. The molecule has 0 spiro atoms. The summed E-state index contributed by atoms with van der Waals surface area (Å²) < 4.78 is 16.0. The molecule has 26 heavy (non-hydrogen) atoms. The fourth-order valence-corrected chi connectivity index (χ4v) is 2.53. The third kappa shape index (κ3) is 5.44. The second-order valence-corrected chi connectivity index (χ2v) is 6.64. The number of nitrogens with two attached hydrogens (primary N) is 2. The van der Waals surface area contributed by atoms with Gasteiger partial charge < -0.3 is 30.8 Å². The smallest absolute Gasteiger partial charge is 0.139 e. The van der Waals surface area contributed by atoms with Gasteiger partial charge in [-0.3, -0.25) is 0 Å². The molecule has 2 atom stereocenters. The normalized spacial score (nSPS) is 13.9. The first-order valence-corrected chi connectivity index (χ1v) is 8.51. The molecule has 2 rings (SSSR count). The van der Waals surface area contributed by atoms with Crippen molar-refractivity contribution in [1.29, 1.82) is 0 Å². The lowest BCUT2D eigenvalue weighted by atomic mass is 9.78. The van der Waals surface area contributed by atoms with Crippen LogP contribution in [0.15, 0.2) is 48.5 Å². The summed E-state index contributed by atoms with van der Waals surface area (Å²) in [5.74, 6) is 1.42. The molecule has 2 aromatic rings. The highest BCUT2D eigenvalue weighted by Crippen LogP contribution is 2.33. The summed E-state index contributed by atoms with van der Waals surface area (Å²) in [4.78, 5) is 0. The van der Waals surface area contributed by atoms with Crippen molar-refractivity contribution in [2.45, 2.75) is 31.7 Å². The lowest BCUT2D eigenvalue weighted by molar-refractivity contribution is 0.0629. The number of ether oxygens (including phenoxy) is 3. The molecule has 0 saturated heterocycles. The third-order valence-electron chi connectivity index (χ3n) is 4.29. The molecule has 0 aliphatic heterocycles. The molecular formula is C20H28N2O4. The van der Waals surface area contributed by atoms with E-state index in [-0.39, 0.29) is 12.0 Å². The van der Waals surface area contributed by atoms with E-state index in [9.17, 15) is 0 Å². The first-order valence-electron chi connectivity index (χ1n) is 8.51. The minimum Gasteiger partial charge on any atom is -0.489 e. The van der Waals surface area contributed by atoms with Gasteiger partial charge in [-0.05, 0) is 35.4 Å². The van der Waals surface area contributed by atoms with E-state index in [4.69, 9.17) is 30.8 Å². The van der Waals surface area contributed by atoms with Gasteiger partial charge >= 0.3 is 0 Å². The average molecular weight is 360 g/mol. The molecule has 0 aromatic heterocycles. The Morgan fingerprint density at radius 3 is 1.65 bits per heavy atom. The SMILES string of the molecule is COC(N)COc1ccc(C(C)(C)c2ccc(OCC(N)O)cc2)cc1. The van der Waals surface area contributed by atoms with Gasteiger partial charge in [-0.2, -0.15) is 0 Å². The largest absolute Gasteiger partial charge is 0.489 e. The van der Waals surface area contributed by atoms with Crippen molar-refractivity contribution in [1.82, 2.24) is 0 Å². The fourth-order valence-electron chi connectivity index (χ4n) is 2.53. The number of aliphatic hydroxyl groups excluding tert-OH is 1. The molecule has 6 heteroatoms. The minimum atomic E-state index is -0.981. The standard InChI is InChI=1S/C20H28N2O4/c1-20(2,14-4-8-16(9-5-14)25-12-18(21)23)15-6-10-17(11-7-15)26-13-19(22)24-3/h4-11,18-19,23H,12-13,21-22H2,1-3H3. The van der Waals surface area contributed by atoms with Crippen LogP contribution in [0.2, 0.25) is 0 Å². The fraction of sp³-hybridized carbons (Fsp3) is 0.400. The topological polar surface area (TPSA) is 100.0 Å². The summed E-state index contributed by atoms with van der Waals surface area (Å²) in [6, 6.07) is 15.7. The minimum absolute atomic E-state index is 0.0664. The van der Waals surface area contributed by atoms with Gasteiger partial charge in [0.2, 0.25) is 0 Å². The molecule has 0 aliphatic rings. The van der Waals surface area contributed by atoms with E-state index in [2.05, 4.69) is 13.8 Å². The van der Waals surface area contributed by atoms with Crippen LogP contribution in [0.5, 0.6) is 11.5 Å². The van der Waals surface area contributed by atoms with E-state index < -0.39 is 12.5 Å². The maximum atomic E-state index is 9.08. The van der Waals surface area contributed by atoms with Crippen molar-refractivity contribution in [3.63, 3.8) is 0 Å². The van der Waals surface area contributed by atoms with Gasteiger partial charge in [-0.15, -0.1) is 0 Å². The van der Waals surface area contributed by atoms with Crippen LogP contribution in [0, 0.1) is 0 Å². The van der Waals surface area contributed by atoms with Crippen LogP contribution in [0.25, 0.3) is 0 Å². The van der Waals surface area contributed by atoms with Crippen LogP contribution in [0.3, 0.4) is 0 Å². The van der Waals surface area contributed by atoms with Gasteiger partial charge in [0.25, 0.3) is 0 Å². The highest BCUT2D eigenvalue weighted by molar-refractivity contribution is 5.41. The Morgan fingerprint density at radius 2 is 1.27 bits per heavy atom. The van der Waals surface area contributed by atoms with Crippen molar-refractivity contribution in [2.24, 2.45) is 11.5 Å². The van der Waals surface area contributed by atoms with E-state index in [0.717, 1.165) is 16.9 Å². The van der Waals surface area contributed by atoms with Crippen LogP contribution in [0.1, 0.15) is 25.0 Å². The van der Waals surface area contributed by atoms with Crippen molar-refractivity contribution in [3.05, 3.63) is 59.7 Å². The predicted octanol–water partition coefficient (Wildman–Crippen LogP) is 1.98. The number of methoxy groups -OCH3 is 1. The monoisotopic (exact) mass is 360 g/mol. The Bertz CT molecular complexity index is 669. The molecular weight excluding hydrogens is 332 g/mol. The molecule has 0 saturated carbocycles. The summed E-state index contributed by atoms with van der Waals surface area (Å²) in [7, 11) is 1.55. The van der Waals surface area contributed by atoms with Gasteiger partial charge in [-0.25, -0.2) is 0 Å². The zero-order chi connectivity index (χ0) is 19.2. The van der Waals surface area contributed by atoms with E-state index in [1.807, 2.05) is 48.5 Å². The lowest BCUT2D eigenvalue weighted by Crippen LogP contribution is -2.29. The average Bonchev–Trinajstić information content (AvgIpc) is 2.65. The number of benzene rings is 2. The van der Waals surface area contributed by atoms with Crippen LogP contribution < -0.4 is 20.9 Å². The van der Waals surface area contributed by atoms with Gasteiger partial charge in [-0.1, -0.05) is 38.1 Å². The number of rotatable bonds is 9. The van der Waals surface area contributed by atoms with Gasteiger partial charge in [0, 0.05) is 12.5 Å². The summed E-state index contributed by atoms with van der Waals surface area (Å²) in [6.45, 7) is 4.68. The van der Waals surface area contributed by atoms with E-state index in [0.29, 0.717) is 12.4 Å². The van der Waals surface area contributed by atoms with Crippen molar-refractivity contribution in [2.75, 3.05) is 20.3 Å². The Hall–Kier alpha value is -2.12. The Labute approximate surface area is 154 Å². The molecule has 142 valence electrons. The maximum Gasteiger partial charge on any atom is 0.139 e. The van der Waals surface area contributed by atoms with Crippen LogP contribution >= 0.6 is 0 Å². The molecule has 0 bridgehead atoms. The molecule has 2 unspecified atom stereocenters. The second kappa shape index (κ2) is 9.00. The highest BCUT2D eigenvalue weighted by Gasteiger charge is 2.23. The molecule has 0 heterocycles. The zero-order valence-electron chi connectivity index (χ0n) is 15.5. The first kappa shape index (κ1) is 20.2. The molecule has 0 fully saturated rings. The Balaban J connectivity index is 2.06. The van der Waals surface area contributed by atoms with Crippen LogP contribution in [0.4, 0.5) is 0 Å². The third-order valence-corrected chi connectivity index (χ3v) is 4.29. The summed E-state index contributed by atoms with van der Waals surface area (Å²) in [6.07, 6.45) is -1.42. The zero-order valence-corrected chi connectivity index (χ0v) is 15.5. The van der Waals surface area contributed by atoms with Crippen molar-refractivity contribution in [3.8, 4) is 11.5 Å². The number of hydrogen-bond donors (Lipinski definition) is 3. The van der Waals surface area contributed by atoms with Crippen LogP contribution in [-0.4, -0.2) is 37.9 Å². The molecule has 0 aliphatic carbocycles. The van der Waals surface area contributed by atoms with Gasteiger partial charge in [0.1, 0.15) is 37.2 Å². The predicted molar refractivity (Wildman–Crippen MR) is 101 cm³/mol. The Kier molecular flexibility index (Phi) is 6.99. The van der Waals surface area contributed by atoms with Crippen LogP contribution in [-0.2, 0) is 10.2 Å². The number of aliphatic hydroxyl groups is 1. The van der Waals surface area contributed by atoms with Crippen molar-refractivity contribution >= 4 is 0 Å². The lowest BCUT2D eigenvalue weighted by Gasteiger charge is -2.26.